The van der Waals surface area contributed by atoms with Crippen molar-refractivity contribution in [3.8, 4) is 29.2 Å². The van der Waals surface area contributed by atoms with Gasteiger partial charge in [-0.15, -0.1) is 0 Å². The molecule has 2 atom stereocenters. The molecule has 0 radical (unpaired) electrons. The molecule has 3 heterocycles. The van der Waals surface area contributed by atoms with Crippen LogP contribution in [0.4, 0.5) is 5.95 Å². The number of anilines is 1. The molecular formula is C28H24N6O4. The SMILES string of the molecule is N#C/C(=C\C1CC1)C(=O)N1C[C@@H]2C1CN2c1ncc(C(N)=O)c(Oc2ccc(Oc3ccccc3)cc2)n1. The maximum absolute atomic E-state index is 12.8. The van der Waals surface area contributed by atoms with E-state index in [-0.39, 0.29) is 35.0 Å². The Kier molecular flexibility index (Phi) is 5.88. The minimum Gasteiger partial charge on any atom is -0.457 e. The van der Waals surface area contributed by atoms with Crippen LogP contribution in [0.3, 0.4) is 0 Å². The highest BCUT2D eigenvalue weighted by atomic mass is 16.5. The van der Waals surface area contributed by atoms with E-state index in [2.05, 4.69) is 16.0 Å². The van der Waals surface area contributed by atoms with Crippen LogP contribution in [0.15, 0.2) is 72.4 Å². The number of likely N-dealkylation sites (tertiary alicyclic amines) is 1. The average Bonchev–Trinajstić information content (AvgIpc) is 3.74. The van der Waals surface area contributed by atoms with Gasteiger partial charge in [-0.25, -0.2) is 4.98 Å². The van der Waals surface area contributed by atoms with Gasteiger partial charge in [0.2, 0.25) is 11.8 Å². The van der Waals surface area contributed by atoms with Gasteiger partial charge in [-0.05, 0) is 55.2 Å². The number of nitrogens with two attached hydrogens (primary N) is 1. The lowest BCUT2D eigenvalue weighted by Gasteiger charge is -2.61. The molecule has 0 spiro atoms. The summed E-state index contributed by atoms with van der Waals surface area (Å²) in [6, 6.07) is 18.4. The molecule has 1 saturated carbocycles. The molecule has 38 heavy (non-hydrogen) atoms. The first-order valence-corrected chi connectivity index (χ1v) is 12.4. The minimum absolute atomic E-state index is 0.000558. The predicted molar refractivity (Wildman–Crippen MR) is 137 cm³/mol. The summed E-state index contributed by atoms with van der Waals surface area (Å²) in [5.74, 6) is 1.66. The highest BCUT2D eigenvalue weighted by Gasteiger charge is 2.55. The predicted octanol–water partition coefficient (Wildman–Crippen LogP) is 3.42. The zero-order chi connectivity index (χ0) is 26.2. The van der Waals surface area contributed by atoms with E-state index in [0.29, 0.717) is 42.2 Å². The van der Waals surface area contributed by atoms with Crippen LogP contribution in [0.1, 0.15) is 23.2 Å². The van der Waals surface area contributed by atoms with Crippen LogP contribution >= 0.6 is 0 Å². The molecule has 2 amide bonds. The molecule has 3 aromatic rings. The number of aromatic nitrogens is 2. The van der Waals surface area contributed by atoms with Crippen LogP contribution in [0.5, 0.6) is 23.1 Å². The number of benzene rings is 2. The molecule has 2 N–H and O–H groups in total. The molecule has 2 aromatic carbocycles. The zero-order valence-electron chi connectivity index (χ0n) is 20.4. The normalized spacial score (nSPS) is 19.9. The van der Waals surface area contributed by atoms with Gasteiger partial charge in [0, 0.05) is 19.3 Å². The fourth-order valence-electron chi connectivity index (χ4n) is 4.58. The van der Waals surface area contributed by atoms with Gasteiger partial charge in [0.1, 0.15) is 34.5 Å². The van der Waals surface area contributed by atoms with Crippen LogP contribution in [0, 0.1) is 17.2 Å². The van der Waals surface area contributed by atoms with Gasteiger partial charge >= 0.3 is 0 Å². The number of allylic oxidation sites excluding steroid dienone is 1. The Bertz CT molecular complexity index is 1460. The van der Waals surface area contributed by atoms with Crippen LogP contribution in [0.25, 0.3) is 0 Å². The third-order valence-corrected chi connectivity index (χ3v) is 6.93. The van der Waals surface area contributed by atoms with E-state index in [1.54, 1.807) is 35.2 Å². The molecular weight excluding hydrogens is 484 g/mol. The van der Waals surface area contributed by atoms with Crippen molar-refractivity contribution in [3.63, 3.8) is 0 Å². The molecule has 10 nitrogen and oxygen atoms in total. The summed E-state index contributed by atoms with van der Waals surface area (Å²) in [4.78, 5) is 37.3. The van der Waals surface area contributed by atoms with Crippen molar-refractivity contribution >= 4 is 17.8 Å². The Hall–Kier alpha value is -4.91. The summed E-state index contributed by atoms with van der Waals surface area (Å²) < 4.78 is 11.7. The fourth-order valence-corrected chi connectivity index (χ4v) is 4.58. The van der Waals surface area contributed by atoms with Crippen LogP contribution in [0.2, 0.25) is 0 Å². The number of nitriles is 1. The van der Waals surface area contributed by atoms with Crippen molar-refractivity contribution in [1.29, 1.82) is 5.26 Å². The van der Waals surface area contributed by atoms with Crippen LogP contribution < -0.4 is 20.1 Å². The van der Waals surface area contributed by atoms with E-state index < -0.39 is 5.91 Å². The Morgan fingerprint density at radius 3 is 2.26 bits per heavy atom. The first-order valence-electron chi connectivity index (χ1n) is 12.4. The molecule has 3 aliphatic rings. The molecule has 0 bridgehead atoms. The second-order valence-electron chi connectivity index (χ2n) is 9.52. The smallest absolute Gasteiger partial charge is 0.264 e. The number of nitrogens with zero attached hydrogens (tertiary/aromatic N) is 5. The van der Waals surface area contributed by atoms with Gasteiger partial charge in [-0.2, -0.15) is 10.2 Å². The number of carbonyl (C=O) groups excluding carboxylic acids is 2. The van der Waals surface area contributed by atoms with Gasteiger partial charge in [0.15, 0.2) is 0 Å². The van der Waals surface area contributed by atoms with E-state index in [1.807, 2.05) is 35.2 Å². The molecule has 1 aromatic heterocycles. The number of hydrogen-bond acceptors (Lipinski definition) is 8. The lowest BCUT2D eigenvalue weighted by molar-refractivity contribution is -0.139. The third-order valence-electron chi connectivity index (χ3n) is 6.93. The van der Waals surface area contributed by atoms with Gasteiger partial charge < -0.3 is 25.0 Å². The number of ether oxygens (including phenoxy) is 2. The Morgan fingerprint density at radius 1 is 0.974 bits per heavy atom. The summed E-state index contributed by atoms with van der Waals surface area (Å²) in [6.07, 6.45) is 5.22. The molecule has 6 rings (SSSR count). The van der Waals surface area contributed by atoms with Gasteiger partial charge in [-0.3, -0.25) is 9.59 Å². The number of fused-ring (bicyclic) bond motifs is 1. The van der Waals surface area contributed by atoms with E-state index in [9.17, 15) is 14.9 Å². The molecule has 10 heteroatoms. The highest BCUT2D eigenvalue weighted by Crippen LogP contribution is 2.39. The molecule has 3 fully saturated rings. The number of para-hydroxylation sites is 1. The maximum atomic E-state index is 12.8. The number of primary amides is 1. The first kappa shape index (κ1) is 23.5. The number of hydrogen-bond donors (Lipinski definition) is 1. The van der Waals surface area contributed by atoms with E-state index in [1.165, 1.54) is 6.20 Å². The quantitative estimate of drug-likeness (QED) is 0.361. The minimum atomic E-state index is -0.705. The number of piperazine rings is 1. The monoisotopic (exact) mass is 508 g/mol. The lowest BCUT2D eigenvalue weighted by Crippen LogP contribution is -2.80. The van der Waals surface area contributed by atoms with Crippen molar-refractivity contribution in [2.24, 2.45) is 11.7 Å². The summed E-state index contributed by atoms with van der Waals surface area (Å²) in [5, 5.41) is 9.39. The number of rotatable bonds is 8. The second kappa shape index (κ2) is 9.52. The standard InChI is InChI=1S/C28H24N6O4/c29-13-18(12-17-6-7-17)27(36)33-15-24-23(33)16-34(24)28-31-14-22(25(30)35)26(32-28)38-21-10-8-20(9-11-21)37-19-4-2-1-3-5-19/h1-5,8-12,14,17,23-24H,6-7,15-16H2,(H2,30,35)/b18-12+/t23?,24-/m1/s1. The second-order valence-corrected chi connectivity index (χ2v) is 9.52. The van der Waals surface area contributed by atoms with E-state index in [4.69, 9.17) is 15.2 Å². The van der Waals surface area contributed by atoms with E-state index >= 15 is 0 Å². The van der Waals surface area contributed by atoms with Gasteiger partial charge in [0.05, 0.1) is 12.1 Å². The molecule has 190 valence electrons. The van der Waals surface area contributed by atoms with Gasteiger partial charge in [-0.1, -0.05) is 24.3 Å². The fraction of sp³-hybridized carbons (Fsp3) is 0.250. The Morgan fingerprint density at radius 2 is 1.66 bits per heavy atom. The maximum Gasteiger partial charge on any atom is 0.264 e. The largest absolute Gasteiger partial charge is 0.457 e. The summed E-state index contributed by atoms with van der Waals surface area (Å²) in [7, 11) is 0. The third kappa shape index (κ3) is 4.50. The Labute approximate surface area is 218 Å². The molecule has 2 saturated heterocycles. The van der Waals surface area contributed by atoms with Crippen LogP contribution in [-0.2, 0) is 4.79 Å². The summed E-state index contributed by atoms with van der Waals surface area (Å²) >= 11 is 0. The average molecular weight is 509 g/mol. The van der Waals surface area contributed by atoms with Crippen molar-refractivity contribution in [2.75, 3.05) is 18.0 Å². The topological polar surface area (TPSA) is 135 Å². The molecule has 2 aliphatic heterocycles. The lowest BCUT2D eigenvalue weighted by atomic mass is 9.85. The zero-order valence-corrected chi connectivity index (χ0v) is 20.4. The van der Waals surface area contributed by atoms with Crippen molar-refractivity contribution in [3.05, 3.63) is 78.0 Å². The van der Waals surface area contributed by atoms with Gasteiger partial charge in [0.25, 0.3) is 11.8 Å². The molecule has 1 aliphatic carbocycles. The Balaban J connectivity index is 1.14. The van der Waals surface area contributed by atoms with Crippen molar-refractivity contribution in [1.82, 2.24) is 14.9 Å². The summed E-state index contributed by atoms with van der Waals surface area (Å²) in [5.41, 5.74) is 5.82. The number of amides is 2. The van der Waals surface area contributed by atoms with E-state index in [0.717, 1.165) is 12.8 Å². The van der Waals surface area contributed by atoms with Crippen molar-refractivity contribution in [2.45, 2.75) is 24.9 Å². The highest BCUT2D eigenvalue weighted by molar-refractivity contribution is 5.98. The first-order chi connectivity index (χ1) is 18.5. The number of carbonyl (C=O) groups is 2. The summed E-state index contributed by atoms with van der Waals surface area (Å²) in [6.45, 7) is 1.01. The van der Waals surface area contributed by atoms with Crippen molar-refractivity contribution < 1.29 is 19.1 Å². The van der Waals surface area contributed by atoms with Crippen LogP contribution in [-0.4, -0.2) is 51.9 Å². The molecule has 1 unspecified atom stereocenters.